The molecule has 0 saturated heterocycles. The van der Waals surface area contributed by atoms with Crippen molar-refractivity contribution in [1.82, 2.24) is 4.90 Å². The Morgan fingerprint density at radius 1 is 0.821 bits per heavy atom. The predicted octanol–water partition coefficient (Wildman–Crippen LogP) is 3.70. The molecule has 1 aliphatic rings. The Bertz CT molecular complexity index is 891. The van der Waals surface area contributed by atoms with Crippen LogP contribution in [0.2, 0.25) is 0 Å². The number of hydrogen-bond donors (Lipinski definition) is 0. The highest BCUT2D eigenvalue weighted by Crippen LogP contribution is 2.39. The number of amides is 1. The van der Waals surface area contributed by atoms with Crippen LogP contribution in [0.1, 0.15) is 35.3 Å². The molecule has 0 unspecified atom stereocenters. The van der Waals surface area contributed by atoms with E-state index < -0.39 is 0 Å². The van der Waals surface area contributed by atoms with Gasteiger partial charge in [-0.3, -0.25) is 4.79 Å². The zero-order valence-electron chi connectivity index (χ0n) is 17.3. The number of benzene rings is 2. The molecule has 2 aromatic carbocycles. The van der Waals surface area contributed by atoms with Gasteiger partial charge < -0.3 is 23.8 Å². The Labute approximate surface area is 166 Å². The van der Waals surface area contributed by atoms with Crippen molar-refractivity contribution in [3.8, 4) is 23.0 Å². The molecule has 0 aliphatic carbocycles. The minimum Gasteiger partial charge on any atom is -0.493 e. The molecule has 0 atom stereocenters. The summed E-state index contributed by atoms with van der Waals surface area (Å²) in [6, 6.07) is 9.21. The van der Waals surface area contributed by atoms with Crippen LogP contribution < -0.4 is 18.9 Å². The molecule has 1 amide bonds. The molecule has 0 bridgehead atoms. The Morgan fingerprint density at radius 3 is 1.93 bits per heavy atom. The van der Waals surface area contributed by atoms with E-state index in [1.165, 1.54) is 5.56 Å². The zero-order chi connectivity index (χ0) is 20.5. The molecule has 2 aromatic rings. The van der Waals surface area contributed by atoms with Crippen LogP contribution in [0.25, 0.3) is 0 Å². The summed E-state index contributed by atoms with van der Waals surface area (Å²) >= 11 is 0. The molecule has 150 valence electrons. The number of rotatable bonds is 5. The molecular formula is C22H27NO5. The second kappa shape index (κ2) is 7.62. The molecule has 0 fully saturated rings. The number of methoxy groups -OCH3 is 4. The first kappa shape index (κ1) is 19.9. The lowest BCUT2D eigenvalue weighted by atomic mass is 9.84. The van der Waals surface area contributed by atoms with Crippen molar-refractivity contribution in [1.29, 1.82) is 0 Å². The van der Waals surface area contributed by atoms with Gasteiger partial charge in [0.05, 0.1) is 28.4 Å². The average Bonchev–Trinajstić information content (AvgIpc) is 2.70. The second-order valence-electron chi connectivity index (χ2n) is 7.43. The van der Waals surface area contributed by atoms with Crippen molar-refractivity contribution in [3.05, 3.63) is 47.0 Å². The summed E-state index contributed by atoms with van der Waals surface area (Å²) in [7, 11) is 6.38. The Hall–Kier alpha value is -2.89. The number of ether oxygens (including phenoxy) is 4. The van der Waals surface area contributed by atoms with E-state index in [9.17, 15) is 4.79 Å². The Kier molecular flexibility index (Phi) is 5.40. The van der Waals surface area contributed by atoms with Gasteiger partial charge in [-0.2, -0.15) is 0 Å². The van der Waals surface area contributed by atoms with Gasteiger partial charge in [-0.05, 0) is 61.7 Å². The molecular weight excluding hydrogens is 358 g/mol. The number of carbonyl (C=O) groups is 1. The highest BCUT2D eigenvalue weighted by Gasteiger charge is 2.37. The number of carbonyl (C=O) groups excluding carboxylic acids is 1. The van der Waals surface area contributed by atoms with Crippen molar-refractivity contribution >= 4 is 5.91 Å². The Balaban J connectivity index is 1.98. The normalized spacial score (nSPS) is 14.9. The molecule has 0 saturated carbocycles. The van der Waals surface area contributed by atoms with Gasteiger partial charge in [0.2, 0.25) is 0 Å². The van der Waals surface area contributed by atoms with Crippen LogP contribution in [-0.4, -0.2) is 44.8 Å². The van der Waals surface area contributed by atoms with Gasteiger partial charge in [-0.25, -0.2) is 0 Å². The maximum atomic E-state index is 13.3. The summed E-state index contributed by atoms with van der Waals surface area (Å²) in [6.45, 7) is 4.65. The van der Waals surface area contributed by atoms with E-state index in [1.807, 2.05) is 17.0 Å². The van der Waals surface area contributed by atoms with E-state index in [0.717, 1.165) is 12.0 Å². The van der Waals surface area contributed by atoms with Crippen molar-refractivity contribution < 1.29 is 23.7 Å². The van der Waals surface area contributed by atoms with Crippen LogP contribution in [-0.2, 0) is 13.0 Å². The SMILES string of the molecule is COc1ccc(C(=O)N2Cc3cc(OC)c(OC)cc3CC2(C)C)cc1OC. The molecule has 0 spiro atoms. The van der Waals surface area contributed by atoms with Crippen LogP contribution >= 0.6 is 0 Å². The average molecular weight is 385 g/mol. The largest absolute Gasteiger partial charge is 0.493 e. The first-order valence-electron chi connectivity index (χ1n) is 9.12. The fourth-order valence-corrected chi connectivity index (χ4v) is 3.69. The maximum absolute atomic E-state index is 13.3. The number of hydrogen-bond acceptors (Lipinski definition) is 5. The van der Waals surface area contributed by atoms with E-state index in [4.69, 9.17) is 18.9 Å². The summed E-state index contributed by atoms with van der Waals surface area (Å²) in [5.41, 5.74) is 2.44. The quantitative estimate of drug-likeness (QED) is 0.786. The lowest BCUT2D eigenvalue weighted by Gasteiger charge is -2.43. The number of nitrogens with zero attached hydrogens (tertiary/aromatic N) is 1. The third kappa shape index (κ3) is 3.46. The first-order valence-corrected chi connectivity index (χ1v) is 9.12. The van der Waals surface area contributed by atoms with E-state index >= 15 is 0 Å². The van der Waals surface area contributed by atoms with Crippen LogP contribution in [0, 0.1) is 0 Å². The van der Waals surface area contributed by atoms with Gasteiger partial charge in [0.1, 0.15) is 0 Å². The van der Waals surface area contributed by atoms with Crippen LogP contribution in [0.15, 0.2) is 30.3 Å². The van der Waals surface area contributed by atoms with Crippen LogP contribution in [0.5, 0.6) is 23.0 Å². The summed E-state index contributed by atoms with van der Waals surface area (Å²) < 4.78 is 21.5. The zero-order valence-corrected chi connectivity index (χ0v) is 17.3. The highest BCUT2D eigenvalue weighted by molar-refractivity contribution is 5.95. The number of fused-ring (bicyclic) bond motifs is 1. The standard InChI is InChI=1S/C22H27NO5/c1-22(2)12-15-10-19(27-5)20(28-6)11-16(15)13-23(22)21(24)14-7-8-17(25-3)18(9-14)26-4/h7-11H,12-13H2,1-6H3. The molecule has 6 nitrogen and oxygen atoms in total. The van der Waals surface area contributed by atoms with E-state index in [2.05, 4.69) is 13.8 Å². The van der Waals surface area contributed by atoms with Crippen LogP contribution in [0.3, 0.4) is 0 Å². The van der Waals surface area contributed by atoms with Gasteiger partial charge in [-0.1, -0.05) is 0 Å². The fraction of sp³-hybridized carbons (Fsp3) is 0.409. The minimum absolute atomic E-state index is 0.0496. The van der Waals surface area contributed by atoms with Crippen molar-refractivity contribution in [2.75, 3.05) is 28.4 Å². The van der Waals surface area contributed by atoms with E-state index in [1.54, 1.807) is 46.6 Å². The highest BCUT2D eigenvalue weighted by atomic mass is 16.5. The van der Waals surface area contributed by atoms with Gasteiger partial charge in [-0.15, -0.1) is 0 Å². The van der Waals surface area contributed by atoms with Crippen LogP contribution in [0.4, 0.5) is 0 Å². The molecule has 3 rings (SSSR count). The molecule has 28 heavy (non-hydrogen) atoms. The lowest BCUT2D eigenvalue weighted by molar-refractivity contribution is 0.0487. The van der Waals surface area contributed by atoms with E-state index in [-0.39, 0.29) is 11.4 Å². The smallest absolute Gasteiger partial charge is 0.254 e. The third-order valence-electron chi connectivity index (χ3n) is 5.26. The summed E-state index contributed by atoms with van der Waals surface area (Å²) in [5, 5.41) is 0. The molecule has 1 heterocycles. The molecule has 6 heteroatoms. The molecule has 0 radical (unpaired) electrons. The molecule has 0 N–H and O–H groups in total. The van der Waals surface area contributed by atoms with Gasteiger partial charge in [0, 0.05) is 17.6 Å². The third-order valence-corrected chi connectivity index (χ3v) is 5.26. The summed E-state index contributed by atoms with van der Waals surface area (Å²) in [5.74, 6) is 2.46. The topological polar surface area (TPSA) is 57.2 Å². The fourth-order valence-electron chi connectivity index (χ4n) is 3.69. The van der Waals surface area contributed by atoms with Crippen molar-refractivity contribution in [2.24, 2.45) is 0 Å². The minimum atomic E-state index is -0.350. The predicted molar refractivity (Wildman–Crippen MR) is 107 cm³/mol. The molecule has 0 aromatic heterocycles. The first-order chi connectivity index (χ1) is 13.3. The summed E-state index contributed by atoms with van der Waals surface area (Å²) in [4.78, 5) is 15.2. The summed E-state index contributed by atoms with van der Waals surface area (Å²) in [6.07, 6.45) is 0.724. The van der Waals surface area contributed by atoms with Crippen molar-refractivity contribution in [3.63, 3.8) is 0 Å². The van der Waals surface area contributed by atoms with E-state index in [0.29, 0.717) is 35.1 Å². The van der Waals surface area contributed by atoms with Gasteiger partial charge >= 0.3 is 0 Å². The van der Waals surface area contributed by atoms with Crippen molar-refractivity contribution in [2.45, 2.75) is 32.4 Å². The Morgan fingerprint density at radius 2 is 1.36 bits per heavy atom. The lowest BCUT2D eigenvalue weighted by Crippen LogP contribution is -2.51. The van der Waals surface area contributed by atoms with Gasteiger partial charge in [0.15, 0.2) is 23.0 Å². The second-order valence-corrected chi connectivity index (χ2v) is 7.43. The van der Waals surface area contributed by atoms with Gasteiger partial charge in [0.25, 0.3) is 5.91 Å². The molecule has 1 aliphatic heterocycles. The monoisotopic (exact) mass is 385 g/mol. The maximum Gasteiger partial charge on any atom is 0.254 e.